The Balaban J connectivity index is 2.00. The second-order valence-electron chi connectivity index (χ2n) is 6.24. The number of aryl methyl sites for hydroxylation is 1. The molecule has 2 fully saturated rings. The molecule has 0 radical (unpaired) electrons. The van der Waals surface area contributed by atoms with E-state index in [9.17, 15) is 10.1 Å². The summed E-state index contributed by atoms with van der Waals surface area (Å²) in [7, 11) is 1.66. The fourth-order valence-corrected chi connectivity index (χ4v) is 3.91. The van der Waals surface area contributed by atoms with Crippen LogP contribution in [0.4, 0.5) is 5.69 Å². The zero-order valence-electron chi connectivity index (χ0n) is 12.7. The van der Waals surface area contributed by atoms with Crippen LogP contribution >= 0.6 is 11.6 Å². The van der Waals surface area contributed by atoms with Gasteiger partial charge in [-0.25, -0.2) is 4.98 Å². The summed E-state index contributed by atoms with van der Waals surface area (Å²) >= 11 is 6.07. The number of aromatic nitrogens is 2. The van der Waals surface area contributed by atoms with Crippen molar-refractivity contribution in [3.63, 3.8) is 0 Å². The molecule has 2 atom stereocenters. The molecule has 118 valence electrons. The maximum absolute atomic E-state index is 12.6. The fourth-order valence-electron chi connectivity index (χ4n) is 3.76. The summed E-state index contributed by atoms with van der Waals surface area (Å²) in [6.45, 7) is 1.56. The molecule has 6 nitrogen and oxygen atoms in total. The molecule has 0 amide bonds. The number of piperazine rings is 1. The molecule has 4 rings (SSSR count). The average molecular weight is 330 g/mol. The number of anilines is 1. The van der Waals surface area contributed by atoms with Gasteiger partial charge in [-0.1, -0.05) is 11.6 Å². The predicted molar refractivity (Wildman–Crippen MR) is 88.9 cm³/mol. The predicted octanol–water partition coefficient (Wildman–Crippen LogP) is 1.40. The molecule has 2 aliphatic rings. The Morgan fingerprint density at radius 1 is 1.35 bits per heavy atom. The smallest absolute Gasteiger partial charge is 0.270 e. The van der Waals surface area contributed by atoms with Crippen molar-refractivity contribution < 1.29 is 0 Å². The summed E-state index contributed by atoms with van der Waals surface area (Å²) in [5.74, 6) is 0. The Bertz CT molecular complexity index is 888. The lowest BCUT2D eigenvalue weighted by Crippen LogP contribution is -2.51. The second-order valence-corrected chi connectivity index (χ2v) is 6.63. The molecule has 0 spiro atoms. The molecule has 2 unspecified atom stereocenters. The van der Waals surface area contributed by atoms with Gasteiger partial charge in [-0.3, -0.25) is 4.79 Å². The van der Waals surface area contributed by atoms with E-state index in [1.54, 1.807) is 19.2 Å². The molecule has 0 aliphatic carbocycles. The first-order valence-electron chi connectivity index (χ1n) is 7.69. The highest BCUT2D eigenvalue weighted by molar-refractivity contribution is 6.29. The Morgan fingerprint density at radius 3 is 2.70 bits per heavy atom. The van der Waals surface area contributed by atoms with Gasteiger partial charge in [-0.05, 0) is 25.0 Å². The van der Waals surface area contributed by atoms with Gasteiger partial charge < -0.3 is 14.8 Å². The molecule has 0 aromatic carbocycles. The number of hydrogen-bond donors (Lipinski definition) is 1. The minimum Gasteiger partial charge on any atom is -0.365 e. The van der Waals surface area contributed by atoms with E-state index in [0.717, 1.165) is 25.9 Å². The monoisotopic (exact) mass is 329 g/mol. The zero-order valence-corrected chi connectivity index (χ0v) is 13.5. The van der Waals surface area contributed by atoms with Crippen LogP contribution in [-0.4, -0.2) is 34.7 Å². The number of pyridine rings is 2. The molecule has 4 heterocycles. The molecule has 2 aliphatic heterocycles. The van der Waals surface area contributed by atoms with Gasteiger partial charge >= 0.3 is 0 Å². The normalized spacial score (nSPS) is 23.3. The van der Waals surface area contributed by atoms with Crippen LogP contribution in [0.1, 0.15) is 18.4 Å². The van der Waals surface area contributed by atoms with Crippen molar-refractivity contribution in [2.24, 2.45) is 7.05 Å². The lowest BCUT2D eigenvalue weighted by molar-refractivity contribution is 0.466. The van der Waals surface area contributed by atoms with Crippen molar-refractivity contribution in [2.75, 3.05) is 18.0 Å². The van der Waals surface area contributed by atoms with Crippen molar-refractivity contribution >= 4 is 28.3 Å². The summed E-state index contributed by atoms with van der Waals surface area (Å²) in [6.07, 6.45) is 2.25. The number of rotatable bonds is 1. The van der Waals surface area contributed by atoms with E-state index in [0.29, 0.717) is 34.0 Å². The van der Waals surface area contributed by atoms with Crippen molar-refractivity contribution in [1.82, 2.24) is 14.9 Å². The standard InChI is InChI=1S/C16H16ClN5O/c1-21-12-4-5-13(17)20-14(12)15(11(6-18)16(21)23)22-7-9-2-3-10(8-22)19-9/h4-5,9-10,19H,2-3,7-8H2,1H3. The molecular formula is C16H16ClN5O. The summed E-state index contributed by atoms with van der Waals surface area (Å²) in [4.78, 5) is 19.1. The first kappa shape index (κ1) is 14.5. The molecule has 2 aromatic heterocycles. The van der Waals surface area contributed by atoms with E-state index < -0.39 is 0 Å². The van der Waals surface area contributed by atoms with E-state index in [1.165, 1.54) is 4.57 Å². The number of nitrogens with one attached hydrogen (secondary N) is 1. The van der Waals surface area contributed by atoms with Gasteiger partial charge in [-0.15, -0.1) is 0 Å². The Hall–Kier alpha value is -2.10. The van der Waals surface area contributed by atoms with Crippen LogP contribution in [0.25, 0.3) is 11.0 Å². The van der Waals surface area contributed by atoms with Gasteiger partial charge in [-0.2, -0.15) is 5.26 Å². The quantitative estimate of drug-likeness (QED) is 0.801. The third kappa shape index (κ3) is 2.19. The van der Waals surface area contributed by atoms with Crippen LogP contribution in [0.3, 0.4) is 0 Å². The first-order chi connectivity index (χ1) is 11.1. The van der Waals surface area contributed by atoms with Gasteiger partial charge in [0.05, 0.1) is 11.2 Å². The van der Waals surface area contributed by atoms with Crippen LogP contribution in [0, 0.1) is 11.3 Å². The lowest BCUT2D eigenvalue weighted by atomic mass is 10.1. The number of fused-ring (bicyclic) bond motifs is 3. The fraction of sp³-hybridized carbons (Fsp3) is 0.438. The van der Waals surface area contributed by atoms with Crippen LogP contribution in [0.2, 0.25) is 5.15 Å². The van der Waals surface area contributed by atoms with Gasteiger partial charge in [0, 0.05) is 32.2 Å². The van der Waals surface area contributed by atoms with Crippen LogP contribution in [0.5, 0.6) is 0 Å². The number of hydrogen-bond acceptors (Lipinski definition) is 5. The second kappa shape index (κ2) is 5.22. The highest BCUT2D eigenvalue weighted by Gasteiger charge is 2.34. The highest BCUT2D eigenvalue weighted by atomic mass is 35.5. The molecule has 2 saturated heterocycles. The van der Waals surface area contributed by atoms with E-state index in [1.807, 2.05) is 0 Å². The first-order valence-corrected chi connectivity index (χ1v) is 8.06. The summed E-state index contributed by atoms with van der Waals surface area (Å²) in [6, 6.07) is 6.34. The number of nitrogens with zero attached hydrogens (tertiary/aromatic N) is 4. The SMILES string of the molecule is Cn1c(=O)c(C#N)c(N2CC3CCC(C2)N3)c2nc(Cl)ccc21. The van der Waals surface area contributed by atoms with Crippen LogP contribution < -0.4 is 15.8 Å². The van der Waals surface area contributed by atoms with Crippen molar-refractivity contribution in [2.45, 2.75) is 24.9 Å². The summed E-state index contributed by atoms with van der Waals surface area (Å²) in [5.41, 5.74) is 1.81. The van der Waals surface area contributed by atoms with Gasteiger partial charge in [0.25, 0.3) is 5.56 Å². The molecular weight excluding hydrogens is 314 g/mol. The zero-order chi connectivity index (χ0) is 16.1. The van der Waals surface area contributed by atoms with Crippen molar-refractivity contribution in [3.8, 4) is 6.07 Å². The number of nitriles is 1. The molecule has 2 bridgehead atoms. The molecule has 0 saturated carbocycles. The Labute approximate surface area is 138 Å². The van der Waals surface area contributed by atoms with Crippen LogP contribution in [-0.2, 0) is 7.05 Å². The van der Waals surface area contributed by atoms with E-state index in [4.69, 9.17) is 11.6 Å². The molecule has 23 heavy (non-hydrogen) atoms. The average Bonchev–Trinajstić information content (AvgIpc) is 2.88. The Kier molecular flexibility index (Phi) is 3.29. The molecule has 1 N–H and O–H groups in total. The minimum atomic E-state index is -0.287. The maximum Gasteiger partial charge on any atom is 0.270 e. The number of halogens is 1. The van der Waals surface area contributed by atoms with E-state index in [-0.39, 0.29) is 11.1 Å². The van der Waals surface area contributed by atoms with Gasteiger partial charge in [0.2, 0.25) is 0 Å². The van der Waals surface area contributed by atoms with Crippen molar-refractivity contribution in [1.29, 1.82) is 5.26 Å². The largest absolute Gasteiger partial charge is 0.365 e. The minimum absolute atomic E-state index is 0.149. The summed E-state index contributed by atoms with van der Waals surface area (Å²) in [5, 5.41) is 13.5. The highest BCUT2D eigenvalue weighted by Crippen LogP contribution is 2.32. The Morgan fingerprint density at radius 2 is 2.04 bits per heavy atom. The third-order valence-electron chi connectivity index (χ3n) is 4.83. The topological polar surface area (TPSA) is 74.0 Å². The molecule has 7 heteroatoms. The van der Waals surface area contributed by atoms with Gasteiger partial charge in [0.1, 0.15) is 22.3 Å². The maximum atomic E-state index is 12.6. The third-order valence-corrected chi connectivity index (χ3v) is 5.04. The van der Waals surface area contributed by atoms with Crippen molar-refractivity contribution in [3.05, 3.63) is 33.2 Å². The summed E-state index contributed by atoms with van der Waals surface area (Å²) < 4.78 is 1.47. The van der Waals surface area contributed by atoms with E-state index in [2.05, 4.69) is 21.3 Å². The van der Waals surface area contributed by atoms with Crippen LogP contribution in [0.15, 0.2) is 16.9 Å². The van der Waals surface area contributed by atoms with E-state index >= 15 is 0 Å². The molecule has 2 aromatic rings. The lowest BCUT2D eigenvalue weighted by Gasteiger charge is -2.35. The van der Waals surface area contributed by atoms with Gasteiger partial charge in [0.15, 0.2) is 0 Å².